The van der Waals surface area contributed by atoms with Gasteiger partial charge in [0.15, 0.2) is 6.61 Å². The standard InChI is InChI=1S/C2H2O4/c1-2(4-3-1)5-6-2/h1H2. The van der Waals surface area contributed by atoms with E-state index < -0.39 is 5.97 Å². The Labute approximate surface area is 33.4 Å². The summed E-state index contributed by atoms with van der Waals surface area (Å²) in [5.41, 5.74) is 0. The maximum absolute atomic E-state index is 4.28. The second-order valence-electron chi connectivity index (χ2n) is 1.20. The van der Waals surface area contributed by atoms with E-state index in [0.29, 0.717) is 6.61 Å². The van der Waals surface area contributed by atoms with Gasteiger partial charge in [-0.3, -0.25) is 0 Å². The molecule has 1 spiro atoms. The third kappa shape index (κ3) is 0.188. The van der Waals surface area contributed by atoms with Crippen molar-refractivity contribution < 1.29 is 19.6 Å². The summed E-state index contributed by atoms with van der Waals surface area (Å²) < 4.78 is 0. The van der Waals surface area contributed by atoms with Crippen molar-refractivity contribution in [2.24, 2.45) is 0 Å². The van der Waals surface area contributed by atoms with Gasteiger partial charge in [-0.05, 0) is 0 Å². The molecule has 0 aromatic carbocycles. The molecule has 2 saturated heterocycles. The summed E-state index contributed by atoms with van der Waals surface area (Å²) in [6.45, 7) is 0.396. The van der Waals surface area contributed by atoms with Gasteiger partial charge in [0.2, 0.25) is 0 Å². The topological polar surface area (TPSA) is 43.5 Å². The second kappa shape index (κ2) is 0.607. The molecule has 2 fully saturated rings. The zero-order chi connectivity index (χ0) is 4.04. The quantitative estimate of drug-likeness (QED) is 0.299. The Morgan fingerprint density at radius 2 is 1.83 bits per heavy atom. The fraction of sp³-hybridized carbons (Fsp3) is 1.00. The first kappa shape index (κ1) is 2.92. The van der Waals surface area contributed by atoms with Crippen molar-refractivity contribution in [1.82, 2.24) is 0 Å². The molecule has 0 radical (unpaired) electrons. The highest BCUT2D eigenvalue weighted by Gasteiger charge is 2.60. The largest absolute Gasteiger partial charge is 0.391 e. The summed E-state index contributed by atoms with van der Waals surface area (Å²) in [5, 5.41) is 0. The third-order valence-electron chi connectivity index (χ3n) is 0.691. The minimum absolute atomic E-state index is 0.396. The lowest BCUT2D eigenvalue weighted by Crippen LogP contribution is -2.34. The molecule has 0 aromatic rings. The van der Waals surface area contributed by atoms with Gasteiger partial charge in [-0.25, -0.2) is 4.89 Å². The highest BCUT2D eigenvalue weighted by Crippen LogP contribution is 2.37. The molecule has 6 heavy (non-hydrogen) atoms. The van der Waals surface area contributed by atoms with Crippen molar-refractivity contribution >= 4 is 0 Å². The molecule has 0 saturated carbocycles. The molecule has 2 rings (SSSR count). The van der Waals surface area contributed by atoms with Gasteiger partial charge in [-0.15, -0.1) is 0 Å². The summed E-state index contributed by atoms with van der Waals surface area (Å²) in [5.74, 6) is -0.750. The molecular formula is C2H2O4. The Morgan fingerprint density at radius 3 is 1.83 bits per heavy atom. The first-order valence-electron chi connectivity index (χ1n) is 1.59. The Bertz CT molecular complexity index is 69.6. The van der Waals surface area contributed by atoms with E-state index in [0.717, 1.165) is 0 Å². The average molecular weight is 90.0 g/mol. The van der Waals surface area contributed by atoms with Gasteiger partial charge in [0.1, 0.15) is 0 Å². The van der Waals surface area contributed by atoms with Gasteiger partial charge in [-0.1, -0.05) is 0 Å². The summed E-state index contributed by atoms with van der Waals surface area (Å²) in [6.07, 6.45) is 0. The Hall–Kier alpha value is -0.160. The molecule has 0 atom stereocenters. The minimum Gasteiger partial charge on any atom is -0.222 e. The van der Waals surface area contributed by atoms with Crippen molar-refractivity contribution in [2.75, 3.05) is 6.61 Å². The molecule has 2 aliphatic heterocycles. The smallest absolute Gasteiger partial charge is 0.222 e. The lowest BCUT2D eigenvalue weighted by Gasteiger charge is -2.13. The summed E-state index contributed by atoms with van der Waals surface area (Å²) in [4.78, 5) is 17.1. The predicted octanol–water partition coefficient (Wildman–Crippen LogP) is -0.436. The molecule has 0 aliphatic carbocycles. The molecule has 0 N–H and O–H groups in total. The van der Waals surface area contributed by atoms with Crippen molar-refractivity contribution in [1.29, 1.82) is 0 Å². The van der Waals surface area contributed by atoms with Gasteiger partial charge in [0.25, 0.3) is 0 Å². The van der Waals surface area contributed by atoms with E-state index in [1.807, 2.05) is 0 Å². The van der Waals surface area contributed by atoms with Crippen LogP contribution in [0.5, 0.6) is 0 Å². The zero-order valence-electron chi connectivity index (χ0n) is 2.84. The minimum atomic E-state index is -0.750. The summed E-state index contributed by atoms with van der Waals surface area (Å²) >= 11 is 0. The van der Waals surface area contributed by atoms with Crippen molar-refractivity contribution in [2.45, 2.75) is 5.97 Å². The molecule has 4 nitrogen and oxygen atoms in total. The van der Waals surface area contributed by atoms with Crippen LogP contribution in [0, 0.1) is 0 Å². The first-order valence-corrected chi connectivity index (χ1v) is 1.59. The number of rotatable bonds is 0. The highest BCUT2D eigenvalue weighted by molar-refractivity contribution is 4.60. The van der Waals surface area contributed by atoms with Crippen LogP contribution >= 0.6 is 0 Å². The van der Waals surface area contributed by atoms with Crippen LogP contribution < -0.4 is 0 Å². The lowest BCUT2D eigenvalue weighted by molar-refractivity contribution is -0.475. The fourth-order valence-corrected chi connectivity index (χ4v) is 0.278. The average Bonchev–Trinajstić information content (AvgIpc) is 2.02. The van der Waals surface area contributed by atoms with E-state index in [9.17, 15) is 0 Å². The number of hydrogen-bond acceptors (Lipinski definition) is 4. The van der Waals surface area contributed by atoms with Crippen molar-refractivity contribution in [3.05, 3.63) is 0 Å². The van der Waals surface area contributed by atoms with Gasteiger partial charge in [0.05, 0.1) is 0 Å². The van der Waals surface area contributed by atoms with E-state index in [4.69, 9.17) is 0 Å². The first-order chi connectivity index (χ1) is 2.91. The van der Waals surface area contributed by atoms with Gasteiger partial charge >= 0.3 is 5.97 Å². The SMILES string of the molecule is C1OOC12OO2. The molecule has 0 bridgehead atoms. The predicted molar refractivity (Wildman–Crippen MR) is 11.9 cm³/mol. The van der Waals surface area contributed by atoms with E-state index in [2.05, 4.69) is 19.6 Å². The van der Waals surface area contributed by atoms with Gasteiger partial charge in [-0.2, -0.15) is 14.7 Å². The molecule has 0 aromatic heterocycles. The summed E-state index contributed by atoms with van der Waals surface area (Å²) in [6, 6.07) is 0. The normalized spacial score (nSPS) is 36.0. The highest BCUT2D eigenvalue weighted by atomic mass is 17.5. The van der Waals surface area contributed by atoms with Crippen LogP contribution in [0.1, 0.15) is 0 Å². The van der Waals surface area contributed by atoms with E-state index in [1.54, 1.807) is 0 Å². The van der Waals surface area contributed by atoms with Crippen LogP contribution in [0.4, 0.5) is 0 Å². The number of hydrogen-bond donors (Lipinski definition) is 0. The molecule has 0 unspecified atom stereocenters. The molecule has 34 valence electrons. The van der Waals surface area contributed by atoms with Crippen LogP contribution in [0.3, 0.4) is 0 Å². The molecule has 2 heterocycles. The Kier molecular flexibility index (Phi) is 0.296. The van der Waals surface area contributed by atoms with Crippen LogP contribution in [-0.4, -0.2) is 12.6 Å². The molecule has 0 amide bonds. The van der Waals surface area contributed by atoms with Crippen LogP contribution in [0.25, 0.3) is 0 Å². The maximum Gasteiger partial charge on any atom is 0.391 e. The molecule has 2 aliphatic rings. The molecular weight excluding hydrogens is 88.0 g/mol. The van der Waals surface area contributed by atoms with E-state index >= 15 is 0 Å². The summed E-state index contributed by atoms with van der Waals surface area (Å²) in [7, 11) is 0. The zero-order valence-corrected chi connectivity index (χ0v) is 2.84. The lowest BCUT2D eigenvalue weighted by atomic mass is 10.6. The van der Waals surface area contributed by atoms with E-state index in [1.165, 1.54) is 0 Å². The van der Waals surface area contributed by atoms with Gasteiger partial charge < -0.3 is 0 Å². The Morgan fingerprint density at radius 1 is 1.17 bits per heavy atom. The third-order valence-corrected chi connectivity index (χ3v) is 0.691. The molecule has 4 heteroatoms. The van der Waals surface area contributed by atoms with Crippen LogP contribution in [-0.2, 0) is 19.6 Å². The van der Waals surface area contributed by atoms with Crippen LogP contribution in [0.15, 0.2) is 0 Å². The Balaban J connectivity index is 2.09. The second-order valence-corrected chi connectivity index (χ2v) is 1.20. The van der Waals surface area contributed by atoms with Crippen LogP contribution in [0.2, 0.25) is 0 Å². The van der Waals surface area contributed by atoms with Crippen molar-refractivity contribution in [3.8, 4) is 0 Å². The monoisotopic (exact) mass is 90.0 g/mol. The fourth-order valence-electron chi connectivity index (χ4n) is 0.278. The van der Waals surface area contributed by atoms with Gasteiger partial charge in [0, 0.05) is 0 Å². The van der Waals surface area contributed by atoms with E-state index in [-0.39, 0.29) is 0 Å². The maximum atomic E-state index is 4.28. The van der Waals surface area contributed by atoms with Crippen molar-refractivity contribution in [3.63, 3.8) is 0 Å².